The van der Waals surface area contributed by atoms with E-state index in [1.807, 2.05) is 58.0 Å². The van der Waals surface area contributed by atoms with Crippen LogP contribution in [0.15, 0.2) is 70.8 Å². The quantitative estimate of drug-likeness (QED) is 0.404. The van der Waals surface area contributed by atoms with Gasteiger partial charge >= 0.3 is 0 Å². The number of halogens is 1. The first-order valence-corrected chi connectivity index (χ1v) is 10.8. The summed E-state index contributed by atoms with van der Waals surface area (Å²) >= 11 is 4.87. The lowest BCUT2D eigenvalue weighted by molar-refractivity contribution is -0.116. The van der Waals surface area contributed by atoms with Gasteiger partial charge in [-0.3, -0.25) is 9.36 Å². The number of carbonyl (C=O) groups is 1. The van der Waals surface area contributed by atoms with Crippen LogP contribution >= 0.6 is 27.7 Å². The summed E-state index contributed by atoms with van der Waals surface area (Å²) in [5.41, 5.74) is 3.23. The molecule has 0 N–H and O–H groups in total. The molecule has 2 aromatic carbocycles. The number of thioether (sulfide) groups is 1. The Morgan fingerprint density at radius 1 is 1.18 bits per heavy atom. The minimum atomic E-state index is 0.0910. The second kappa shape index (κ2) is 8.32. The molecule has 28 heavy (non-hydrogen) atoms. The van der Waals surface area contributed by atoms with E-state index in [9.17, 15) is 4.79 Å². The van der Waals surface area contributed by atoms with Gasteiger partial charge in [0, 0.05) is 28.8 Å². The Labute approximate surface area is 176 Å². The third-order valence-electron chi connectivity index (χ3n) is 4.64. The van der Waals surface area contributed by atoms with Gasteiger partial charge in [0.05, 0.1) is 5.75 Å². The summed E-state index contributed by atoms with van der Waals surface area (Å²) < 4.78 is 3.00. The predicted molar refractivity (Wildman–Crippen MR) is 117 cm³/mol. The number of rotatable bonds is 6. The second-order valence-corrected chi connectivity index (χ2v) is 8.28. The molecule has 1 aliphatic rings. The normalized spacial score (nSPS) is 12.8. The fourth-order valence-corrected chi connectivity index (χ4v) is 4.39. The molecule has 0 fully saturated rings. The average molecular weight is 455 g/mol. The second-order valence-electron chi connectivity index (χ2n) is 6.43. The first kappa shape index (κ1) is 19.0. The van der Waals surface area contributed by atoms with E-state index in [1.54, 1.807) is 0 Å². The summed E-state index contributed by atoms with van der Waals surface area (Å²) in [6.45, 7) is 5.16. The zero-order valence-electron chi connectivity index (χ0n) is 15.2. The maximum Gasteiger partial charge on any atom is 0.237 e. The van der Waals surface area contributed by atoms with Gasteiger partial charge in [0.1, 0.15) is 0 Å². The summed E-state index contributed by atoms with van der Waals surface area (Å²) in [6, 6.07) is 16.0. The van der Waals surface area contributed by atoms with E-state index in [0.29, 0.717) is 12.3 Å². The summed E-state index contributed by atoms with van der Waals surface area (Å²) in [7, 11) is 0. The lowest BCUT2D eigenvalue weighted by atomic mass is 10.2. The maximum absolute atomic E-state index is 12.8. The number of allylic oxidation sites excluding steroid dienone is 1. The molecule has 0 saturated heterocycles. The molecule has 0 atom stereocenters. The zero-order chi connectivity index (χ0) is 19.5. The molecule has 0 spiro atoms. The van der Waals surface area contributed by atoms with Crippen molar-refractivity contribution in [1.82, 2.24) is 14.8 Å². The molecule has 142 valence electrons. The van der Waals surface area contributed by atoms with Crippen molar-refractivity contribution in [3.63, 3.8) is 0 Å². The molecule has 0 aliphatic carbocycles. The number of para-hydroxylation sites is 1. The molecular formula is C21H19BrN4OS. The van der Waals surface area contributed by atoms with Crippen LogP contribution in [0.4, 0.5) is 5.69 Å². The standard InChI is InChI=1S/C21H19BrN4OS/c1-2-12-26-20(16-7-9-17(22)10-8-16)23-24-21(26)28-14-19(27)25-13-11-15-5-3-4-6-18(15)25/h2-10H,1,11-14H2. The fourth-order valence-electron chi connectivity index (χ4n) is 3.30. The molecule has 7 heteroatoms. The number of nitrogens with zero attached hydrogens (tertiary/aromatic N) is 4. The maximum atomic E-state index is 12.8. The van der Waals surface area contributed by atoms with Crippen LogP contribution in [0.1, 0.15) is 5.56 Å². The summed E-state index contributed by atoms with van der Waals surface area (Å²) in [5, 5.41) is 9.39. The predicted octanol–water partition coefficient (Wildman–Crippen LogP) is 4.58. The molecule has 4 rings (SSSR count). The van der Waals surface area contributed by atoms with Crippen LogP contribution < -0.4 is 4.90 Å². The molecule has 1 aromatic heterocycles. The molecule has 3 aromatic rings. The van der Waals surface area contributed by atoms with E-state index in [0.717, 1.165) is 39.7 Å². The SMILES string of the molecule is C=CCn1c(SCC(=O)N2CCc3ccccc32)nnc1-c1ccc(Br)cc1. The van der Waals surface area contributed by atoms with Gasteiger partial charge in [-0.1, -0.05) is 64.1 Å². The van der Waals surface area contributed by atoms with Crippen LogP contribution in [0, 0.1) is 0 Å². The molecule has 2 heterocycles. The van der Waals surface area contributed by atoms with Crippen LogP contribution in [-0.4, -0.2) is 33.0 Å². The monoisotopic (exact) mass is 454 g/mol. The fraction of sp³-hybridized carbons (Fsp3) is 0.190. The number of hydrogen-bond donors (Lipinski definition) is 0. The van der Waals surface area contributed by atoms with Crippen molar-refractivity contribution in [2.45, 2.75) is 18.1 Å². The molecule has 0 unspecified atom stereocenters. The Balaban J connectivity index is 1.51. The Kier molecular flexibility index (Phi) is 5.64. The van der Waals surface area contributed by atoms with Crippen molar-refractivity contribution in [2.75, 3.05) is 17.2 Å². The average Bonchev–Trinajstić information content (AvgIpc) is 3.31. The Hall–Kier alpha value is -2.38. The number of amides is 1. The molecule has 0 radical (unpaired) electrons. The van der Waals surface area contributed by atoms with Gasteiger partial charge in [-0.25, -0.2) is 0 Å². The van der Waals surface area contributed by atoms with E-state index in [4.69, 9.17) is 0 Å². The third-order valence-corrected chi connectivity index (χ3v) is 6.12. The van der Waals surface area contributed by atoms with E-state index in [-0.39, 0.29) is 5.91 Å². The van der Waals surface area contributed by atoms with Crippen molar-refractivity contribution in [3.05, 3.63) is 71.2 Å². The number of anilines is 1. The van der Waals surface area contributed by atoms with Gasteiger partial charge < -0.3 is 4.90 Å². The van der Waals surface area contributed by atoms with Gasteiger partial charge in [0.25, 0.3) is 0 Å². The number of fused-ring (bicyclic) bond motifs is 1. The first-order valence-electron chi connectivity index (χ1n) is 8.98. The highest BCUT2D eigenvalue weighted by Crippen LogP contribution is 2.30. The number of benzene rings is 2. The van der Waals surface area contributed by atoms with E-state index >= 15 is 0 Å². The van der Waals surface area contributed by atoms with Crippen LogP contribution in [0.25, 0.3) is 11.4 Å². The van der Waals surface area contributed by atoms with E-state index in [1.165, 1.54) is 17.3 Å². The molecule has 5 nitrogen and oxygen atoms in total. The zero-order valence-corrected chi connectivity index (χ0v) is 17.6. The molecular weight excluding hydrogens is 436 g/mol. The lowest BCUT2D eigenvalue weighted by Gasteiger charge is -2.17. The largest absolute Gasteiger partial charge is 0.311 e. The lowest BCUT2D eigenvalue weighted by Crippen LogP contribution is -2.30. The van der Waals surface area contributed by atoms with Gasteiger partial charge in [0.2, 0.25) is 5.91 Å². The van der Waals surface area contributed by atoms with E-state index in [2.05, 4.69) is 38.8 Å². The topological polar surface area (TPSA) is 51.0 Å². The van der Waals surface area contributed by atoms with Crippen LogP contribution in [0.3, 0.4) is 0 Å². The molecule has 1 amide bonds. The van der Waals surface area contributed by atoms with Crippen molar-refractivity contribution < 1.29 is 4.79 Å². The van der Waals surface area contributed by atoms with Crippen molar-refractivity contribution in [2.24, 2.45) is 0 Å². The summed E-state index contributed by atoms with van der Waals surface area (Å²) in [6.07, 6.45) is 2.72. The Morgan fingerprint density at radius 2 is 1.96 bits per heavy atom. The van der Waals surface area contributed by atoms with Gasteiger partial charge in [-0.2, -0.15) is 0 Å². The summed E-state index contributed by atoms with van der Waals surface area (Å²) in [5.74, 6) is 1.19. The number of hydrogen-bond acceptors (Lipinski definition) is 4. The Bertz CT molecular complexity index is 1020. The highest BCUT2D eigenvalue weighted by Gasteiger charge is 2.25. The van der Waals surface area contributed by atoms with Crippen molar-refractivity contribution in [1.29, 1.82) is 0 Å². The van der Waals surface area contributed by atoms with Gasteiger partial charge in [0.15, 0.2) is 11.0 Å². The smallest absolute Gasteiger partial charge is 0.237 e. The number of aromatic nitrogens is 3. The van der Waals surface area contributed by atoms with Crippen LogP contribution in [0.5, 0.6) is 0 Å². The third kappa shape index (κ3) is 3.77. The first-order chi connectivity index (χ1) is 13.7. The summed E-state index contributed by atoms with van der Waals surface area (Å²) in [4.78, 5) is 14.7. The van der Waals surface area contributed by atoms with Crippen LogP contribution in [-0.2, 0) is 17.8 Å². The minimum Gasteiger partial charge on any atom is -0.311 e. The van der Waals surface area contributed by atoms with Gasteiger partial charge in [-0.05, 0) is 30.2 Å². The molecule has 0 saturated carbocycles. The van der Waals surface area contributed by atoms with Crippen molar-refractivity contribution >= 4 is 39.3 Å². The van der Waals surface area contributed by atoms with Gasteiger partial charge in [-0.15, -0.1) is 16.8 Å². The minimum absolute atomic E-state index is 0.0910. The molecule has 0 bridgehead atoms. The Morgan fingerprint density at radius 3 is 2.75 bits per heavy atom. The number of carbonyl (C=O) groups excluding carboxylic acids is 1. The van der Waals surface area contributed by atoms with Crippen LogP contribution in [0.2, 0.25) is 0 Å². The highest BCUT2D eigenvalue weighted by atomic mass is 79.9. The van der Waals surface area contributed by atoms with Crippen molar-refractivity contribution in [3.8, 4) is 11.4 Å². The molecule has 1 aliphatic heterocycles. The highest BCUT2D eigenvalue weighted by molar-refractivity contribution is 9.10. The van der Waals surface area contributed by atoms with E-state index < -0.39 is 0 Å².